The second-order valence-corrected chi connectivity index (χ2v) is 4.59. The van der Waals surface area contributed by atoms with Gasteiger partial charge in [0.2, 0.25) is 5.89 Å². The Bertz CT molecular complexity index is 823. The monoisotopic (exact) mass is 302 g/mol. The molecule has 0 unspecified atom stereocenters. The van der Waals surface area contributed by atoms with Gasteiger partial charge in [-0.25, -0.2) is 4.98 Å². The molecule has 0 aliphatic heterocycles. The molecule has 3 rings (SSSR count). The minimum absolute atomic E-state index is 0.0388. The van der Waals surface area contributed by atoms with Crippen molar-refractivity contribution in [2.75, 3.05) is 0 Å². The molecule has 3 nitrogen and oxygen atoms in total. The Morgan fingerprint density at radius 1 is 1.27 bits per heavy atom. The molecule has 2 heterocycles. The molecular formula is C16H9F3N2O. The van der Waals surface area contributed by atoms with Crippen LogP contribution in [0.2, 0.25) is 0 Å². The van der Waals surface area contributed by atoms with Crippen molar-refractivity contribution in [2.45, 2.75) is 12.6 Å². The molecule has 0 aromatic carbocycles. The van der Waals surface area contributed by atoms with Gasteiger partial charge in [-0.2, -0.15) is 13.2 Å². The lowest BCUT2D eigenvalue weighted by molar-refractivity contribution is -0.0883. The molecule has 1 aliphatic rings. The Hall–Kier alpha value is -2.81. The van der Waals surface area contributed by atoms with Crippen LogP contribution in [0.1, 0.15) is 17.0 Å². The third-order valence-electron chi connectivity index (χ3n) is 3.19. The van der Waals surface area contributed by atoms with Crippen molar-refractivity contribution in [2.24, 2.45) is 0 Å². The van der Waals surface area contributed by atoms with Crippen LogP contribution in [0.5, 0.6) is 0 Å². The van der Waals surface area contributed by atoms with Crippen LogP contribution in [0.4, 0.5) is 13.2 Å². The summed E-state index contributed by atoms with van der Waals surface area (Å²) in [7, 11) is 0. The molecule has 0 amide bonds. The molecule has 6 heteroatoms. The van der Waals surface area contributed by atoms with E-state index in [-0.39, 0.29) is 12.3 Å². The maximum absolute atomic E-state index is 12.7. The van der Waals surface area contributed by atoms with Crippen molar-refractivity contribution in [3.63, 3.8) is 0 Å². The minimum atomic E-state index is -4.38. The minimum Gasteiger partial charge on any atom is -0.436 e. The van der Waals surface area contributed by atoms with Gasteiger partial charge in [0.25, 0.3) is 0 Å². The van der Waals surface area contributed by atoms with Gasteiger partial charge in [-0.05, 0) is 18.2 Å². The highest BCUT2D eigenvalue weighted by Crippen LogP contribution is 2.32. The number of allylic oxidation sites excluding steroid dienone is 3. The molecule has 0 spiro atoms. The third-order valence-corrected chi connectivity index (χ3v) is 3.19. The van der Waals surface area contributed by atoms with E-state index in [1.54, 1.807) is 12.3 Å². The van der Waals surface area contributed by atoms with Crippen molar-refractivity contribution >= 4 is 6.08 Å². The number of terminal acetylenes is 1. The van der Waals surface area contributed by atoms with E-state index in [2.05, 4.69) is 15.9 Å². The Morgan fingerprint density at radius 2 is 2.09 bits per heavy atom. The van der Waals surface area contributed by atoms with E-state index in [9.17, 15) is 13.2 Å². The topological polar surface area (TPSA) is 38.9 Å². The zero-order chi connectivity index (χ0) is 15.7. The first-order chi connectivity index (χ1) is 10.5. The van der Waals surface area contributed by atoms with E-state index in [1.807, 2.05) is 0 Å². The van der Waals surface area contributed by atoms with Crippen molar-refractivity contribution in [1.82, 2.24) is 9.97 Å². The summed E-state index contributed by atoms with van der Waals surface area (Å²) in [4.78, 5) is 8.17. The Morgan fingerprint density at radius 3 is 2.82 bits per heavy atom. The molecule has 0 bridgehead atoms. The summed E-state index contributed by atoms with van der Waals surface area (Å²) in [5.41, 5.74) is 0.814. The highest BCUT2D eigenvalue weighted by atomic mass is 19.4. The molecule has 0 saturated carbocycles. The Labute approximate surface area is 124 Å². The zero-order valence-corrected chi connectivity index (χ0v) is 11.2. The fourth-order valence-electron chi connectivity index (χ4n) is 2.10. The van der Waals surface area contributed by atoms with Crippen LogP contribution < -0.4 is 0 Å². The van der Waals surface area contributed by atoms with Crippen LogP contribution in [-0.2, 0) is 6.42 Å². The van der Waals surface area contributed by atoms with Crippen molar-refractivity contribution < 1.29 is 17.6 Å². The first kappa shape index (κ1) is 14.1. The molecule has 0 fully saturated rings. The SMILES string of the molecule is C#Cc1cnccc1-c1nc2c(o1)C=CC(C(F)(F)F)=CC2. The second-order valence-electron chi connectivity index (χ2n) is 4.59. The number of alkyl halides is 3. The number of rotatable bonds is 1. The molecule has 1 aliphatic carbocycles. The molecule has 22 heavy (non-hydrogen) atoms. The lowest BCUT2D eigenvalue weighted by atomic mass is 10.1. The molecule has 0 atom stereocenters. The van der Waals surface area contributed by atoms with Gasteiger partial charge in [-0.15, -0.1) is 6.42 Å². The summed E-state index contributed by atoms with van der Waals surface area (Å²) in [6.45, 7) is 0. The molecule has 2 aromatic rings. The van der Waals surface area contributed by atoms with E-state index in [0.29, 0.717) is 22.6 Å². The summed E-state index contributed by atoms with van der Waals surface area (Å²) in [6.07, 6.45) is 7.44. The van der Waals surface area contributed by atoms with Gasteiger partial charge in [0.1, 0.15) is 0 Å². The number of halogens is 3. The average molecular weight is 302 g/mol. The summed E-state index contributed by atoms with van der Waals surface area (Å²) in [6, 6.07) is 1.65. The van der Waals surface area contributed by atoms with Gasteiger partial charge in [0.05, 0.1) is 22.4 Å². The van der Waals surface area contributed by atoms with Gasteiger partial charge in [0.15, 0.2) is 5.76 Å². The molecular weight excluding hydrogens is 293 g/mol. The molecule has 0 N–H and O–H groups in total. The van der Waals surface area contributed by atoms with Crippen molar-refractivity contribution in [3.05, 3.63) is 53.2 Å². The quantitative estimate of drug-likeness (QED) is 0.753. The van der Waals surface area contributed by atoms with E-state index in [1.165, 1.54) is 12.3 Å². The van der Waals surface area contributed by atoms with Crippen molar-refractivity contribution in [1.29, 1.82) is 0 Å². The molecule has 0 radical (unpaired) electrons. The summed E-state index contributed by atoms with van der Waals surface area (Å²) in [5, 5.41) is 0. The number of hydrogen-bond acceptors (Lipinski definition) is 3. The number of hydrogen-bond donors (Lipinski definition) is 0. The largest absolute Gasteiger partial charge is 0.436 e. The number of oxazole rings is 1. The number of nitrogens with zero attached hydrogens (tertiary/aromatic N) is 2. The van der Waals surface area contributed by atoms with E-state index in [4.69, 9.17) is 10.8 Å². The highest BCUT2D eigenvalue weighted by Gasteiger charge is 2.32. The normalized spacial score (nSPS) is 14.0. The predicted octanol–water partition coefficient (Wildman–Crippen LogP) is 3.78. The van der Waals surface area contributed by atoms with Gasteiger partial charge in [-0.3, -0.25) is 4.98 Å². The average Bonchev–Trinajstić information content (AvgIpc) is 2.78. The highest BCUT2D eigenvalue weighted by molar-refractivity contribution is 5.65. The molecule has 110 valence electrons. The fraction of sp³-hybridized carbons (Fsp3) is 0.125. The lowest BCUT2D eigenvalue weighted by Gasteiger charge is -2.05. The van der Waals surface area contributed by atoms with Crippen LogP contribution in [-0.4, -0.2) is 16.1 Å². The van der Waals surface area contributed by atoms with E-state index in [0.717, 1.165) is 12.2 Å². The van der Waals surface area contributed by atoms with Gasteiger partial charge in [-0.1, -0.05) is 12.0 Å². The van der Waals surface area contributed by atoms with E-state index < -0.39 is 11.7 Å². The number of pyridine rings is 1. The van der Waals surface area contributed by atoms with E-state index >= 15 is 0 Å². The van der Waals surface area contributed by atoms with Crippen LogP contribution in [0, 0.1) is 12.3 Å². The zero-order valence-electron chi connectivity index (χ0n) is 11.2. The summed E-state index contributed by atoms with van der Waals surface area (Å²) in [5.74, 6) is 3.04. The predicted molar refractivity (Wildman–Crippen MR) is 74.5 cm³/mol. The Balaban J connectivity index is 2.00. The molecule has 0 saturated heterocycles. The number of aromatic nitrogens is 2. The first-order valence-corrected chi connectivity index (χ1v) is 6.35. The maximum Gasteiger partial charge on any atom is 0.416 e. The summed E-state index contributed by atoms with van der Waals surface area (Å²) < 4.78 is 43.6. The Kier molecular flexibility index (Phi) is 3.33. The van der Waals surface area contributed by atoms with Crippen LogP contribution in [0.25, 0.3) is 17.5 Å². The molecule has 2 aromatic heterocycles. The number of fused-ring (bicyclic) bond motifs is 1. The van der Waals surface area contributed by atoms with Crippen molar-refractivity contribution in [3.8, 4) is 23.8 Å². The standard InChI is InChI=1S/C16H9F3N2O/c1-2-10-9-20-8-7-12(10)15-21-13-5-3-11(16(17,18)19)4-6-14(13)22-15/h1,3-4,6-9H,5H2. The van der Waals surface area contributed by atoms with Crippen LogP contribution in [0.3, 0.4) is 0 Å². The van der Waals surface area contributed by atoms with Gasteiger partial charge < -0.3 is 4.42 Å². The lowest BCUT2D eigenvalue weighted by Crippen LogP contribution is -2.09. The van der Waals surface area contributed by atoms with Gasteiger partial charge >= 0.3 is 6.18 Å². The smallest absolute Gasteiger partial charge is 0.416 e. The fourth-order valence-corrected chi connectivity index (χ4v) is 2.10. The third kappa shape index (κ3) is 2.53. The van der Waals surface area contributed by atoms with Crippen LogP contribution >= 0.6 is 0 Å². The maximum atomic E-state index is 12.7. The second kappa shape index (κ2) is 5.19. The van der Waals surface area contributed by atoms with Crippen LogP contribution in [0.15, 0.2) is 40.6 Å². The summed E-state index contributed by atoms with van der Waals surface area (Å²) >= 11 is 0. The van der Waals surface area contributed by atoms with Gasteiger partial charge in [0, 0.05) is 18.8 Å². The first-order valence-electron chi connectivity index (χ1n) is 6.35.